The molecule has 210 valence electrons. The Balaban J connectivity index is 1.63. The molecule has 2 aliphatic rings. The van der Waals surface area contributed by atoms with Crippen molar-refractivity contribution in [3.05, 3.63) is 65.2 Å². The Bertz CT molecular complexity index is 1120. The van der Waals surface area contributed by atoms with Gasteiger partial charge in [0.05, 0.1) is 38.0 Å². The minimum Gasteiger partial charge on any atom is -0.507 e. The van der Waals surface area contributed by atoms with Crippen LogP contribution in [-0.4, -0.2) is 79.2 Å². The van der Waals surface area contributed by atoms with E-state index in [4.69, 9.17) is 14.2 Å². The number of hydrogen-bond donors (Lipinski definition) is 1. The van der Waals surface area contributed by atoms with Crippen LogP contribution < -0.4 is 9.47 Å². The molecule has 1 atom stereocenters. The van der Waals surface area contributed by atoms with Gasteiger partial charge in [-0.25, -0.2) is 0 Å². The van der Waals surface area contributed by atoms with E-state index in [1.54, 1.807) is 29.2 Å². The SMILES string of the molecule is CCCCOc1ccc(C(O)=C2C(=O)C(=O)N(CCN3CCOCC3)C2c2ccc(OCCCC)cc2)cc1. The predicted octanol–water partition coefficient (Wildman–Crippen LogP) is 4.80. The summed E-state index contributed by atoms with van der Waals surface area (Å²) < 4.78 is 17.0. The molecular weight excluding hydrogens is 496 g/mol. The highest BCUT2D eigenvalue weighted by Crippen LogP contribution is 2.40. The average molecular weight is 537 g/mol. The highest BCUT2D eigenvalue weighted by atomic mass is 16.5. The highest BCUT2D eigenvalue weighted by Gasteiger charge is 2.46. The standard InChI is InChI=1S/C31H40N2O6/c1-3-5-19-38-25-11-7-23(8-12-25)28-27(29(34)24-9-13-26(14-10-24)39-20-6-4-2)30(35)31(36)33(28)16-15-32-17-21-37-22-18-32/h7-14,28,34H,3-6,15-22H2,1-2H3. The lowest BCUT2D eigenvalue weighted by Crippen LogP contribution is -2.42. The lowest BCUT2D eigenvalue weighted by molar-refractivity contribution is -0.140. The molecule has 0 radical (unpaired) electrons. The Morgan fingerprint density at radius 3 is 2.00 bits per heavy atom. The van der Waals surface area contributed by atoms with Crippen molar-refractivity contribution in [3.8, 4) is 11.5 Å². The summed E-state index contributed by atoms with van der Waals surface area (Å²) in [5, 5.41) is 11.4. The van der Waals surface area contributed by atoms with Crippen molar-refractivity contribution in [3.63, 3.8) is 0 Å². The van der Waals surface area contributed by atoms with E-state index in [1.165, 1.54) is 0 Å². The first kappa shape index (κ1) is 28.6. The van der Waals surface area contributed by atoms with Gasteiger partial charge >= 0.3 is 0 Å². The Kier molecular flexibility index (Phi) is 10.4. The van der Waals surface area contributed by atoms with E-state index in [2.05, 4.69) is 18.7 Å². The molecule has 0 aliphatic carbocycles. The van der Waals surface area contributed by atoms with Gasteiger partial charge in [0.25, 0.3) is 11.7 Å². The number of aliphatic hydroxyl groups excluding tert-OH is 1. The van der Waals surface area contributed by atoms with Gasteiger partial charge < -0.3 is 24.2 Å². The van der Waals surface area contributed by atoms with Crippen LogP contribution in [0.2, 0.25) is 0 Å². The molecule has 1 unspecified atom stereocenters. The number of hydrogen-bond acceptors (Lipinski definition) is 7. The molecule has 0 spiro atoms. The first-order valence-electron chi connectivity index (χ1n) is 14.1. The zero-order valence-corrected chi connectivity index (χ0v) is 23.1. The molecule has 0 saturated carbocycles. The molecule has 2 aromatic rings. The lowest BCUT2D eigenvalue weighted by atomic mass is 9.95. The van der Waals surface area contributed by atoms with Crippen molar-refractivity contribution < 1.29 is 28.9 Å². The molecule has 0 bridgehead atoms. The zero-order valence-electron chi connectivity index (χ0n) is 23.1. The number of amides is 1. The molecule has 2 aliphatic heterocycles. The Morgan fingerprint density at radius 2 is 1.44 bits per heavy atom. The number of ketones is 1. The van der Waals surface area contributed by atoms with Crippen LogP contribution in [0.5, 0.6) is 11.5 Å². The fraction of sp³-hybridized carbons (Fsp3) is 0.484. The fourth-order valence-corrected chi connectivity index (χ4v) is 4.81. The molecule has 1 N–H and O–H groups in total. The summed E-state index contributed by atoms with van der Waals surface area (Å²) >= 11 is 0. The molecule has 1 amide bonds. The molecule has 0 aromatic heterocycles. The highest BCUT2D eigenvalue weighted by molar-refractivity contribution is 6.46. The molecule has 8 heteroatoms. The molecule has 2 fully saturated rings. The van der Waals surface area contributed by atoms with Crippen molar-refractivity contribution in [1.82, 2.24) is 9.80 Å². The number of likely N-dealkylation sites (tertiary alicyclic amines) is 1. The summed E-state index contributed by atoms with van der Waals surface area (Å²) in [6, 6.07) is 13.8. The third-order valence-corrected chi connectivity index (χ3v) is 7.16. The zero-order chi connectivity index (χ0) is 27.6. The van der Waals surface area contributed by atoms with Gasteiger partial charge in [0.1, 0.15) is 17.3 Å². The molecule has 8 nitrogen and oxygen atoms in total. The van der Waals surface area contributed by atoms with Crippen LogP contribution in [0.25, 0.3) is 5.76 Å². The predicted molar refractivity (Wildman–Crippen MR) is 150 cm³/mol. The Labute approximate surface area is 231 Å². The van der Waals surface area contributed by atoms with Crippen molar-refractivity contribution in [2.24, 2.45) is 0 Å². The van der Waals surface area contributed by atoms with E-state index in [0.29, 0.717) is 50.8 Å². The van der Waals surface area contributed by atoms with E-state index < -0.39 is 17.7 Å². The van der Waals surface area contributed by atoms with Crippen molar-refractivity contribution in [2.75, 3.05) is 52.6 Å². The van der Waals surface area contributed by atoms with E-state index >= 15 is 0 Å². The lowest BCUT2D eigenvalue weighted by Gasteiger charge is -2.31. The second-order valence-corrected chi connectivity index (χ2v) is 9.94. The third kappa shape index (κ3) is 7.19. The Morgan fingerprint density at radius 1 is 0.872 bits per heavy atom. The van der Waals surface area contributed by atoms with Gasteiger partial charge in [-0.3, -0.25) is 14.5 Å². The molecular formula is C31H40N2O6. The van der Waals surface area contributed by atoms with Gasteiger partial charge in [0.2, 0.25) is 0 Å². The van der Waals surface area contributed by atoms with E-state index in [1.807, 2.05) is 24.3 Å². The third-order valence-electron chi connectivity index (χ3n) is 7.16. The molecule has 4 rings (SSSR count). The topological polar surface area (TPSA) is 88.5 Å². The number of morpholine rings is 1. The van der Waals surface area contributed by atoms with Crippen LogP contribution in [0, 0.1) is 0 Å². The number of nitrogens with zero attached hydrogens (tertiary/aromatic N) is 2. The summed E-state index contributed by atoms with van der Waals surface area (Å²) in [5.41, 5.74) is 1.31. The second-order valence-electron chi connectivity index (χ2n) is 9.94. The van der Waals surface area contributed by atoms with Crippen LogP contribution in [0.15, 0.2) is 54.1 Å². The van der Waals surface area contributed by atoms with Gasteiger partial charge in [-0.2, -0.15) is 0 Å². The van der Waals surface area contributed by atoms with Crippen LogP contribution in [-0.2, 0) is 14.3 Å². The number of carbonyl (C=O) groups excluding carboxylic acids is 2. The number of Topliss-reactive ketones (excluding diaryl/α,β-unsaturated/α-hetero) is 1. The van der Waals surface area contributed by atoms with Crippen molar-refractivity contribution in [2.45, 2.75) is 45.6 Å². The molecule has 39 heavy (non-hydrogen) atoms. The van der Waals surface area contributed by atoms with Gasteiger partial charge in [0, 0.05) is 31.7 Å². The second kappa shape index (κ2) is 14.1. The van der Waals surface area contributed by atoms with Crippen LogP contribution >= 0.6 is 0 Å². The largest absolute Gasteiger partial charge is 0.507 e. The van der Waals surface area contributed by atoms with Crippen molar-refractivity contribution >= 4 is 17.4 Å². The first-order valence-corrected chi connectivity index (χ1v) is 14.1. The molecule has 2 heterocycles. The van der Waals surface area contributed by atoms with E-state index in [0.717, 1.165) is 50.1 Å². The van der Waals surface area contributed by atoms with Gasteiger partial charge in [-0.05, 0) is 54.8 Å². The molecule has 2 saturated heterocycles. The first-order chi connectivity index (χ1) is 19.0. The minimum atomic E-state index is -0.698. The maximum absolute atomic E-state index is 13.4. The monoisotopic (exact) mass is 536 g/mol. The summed E-state index contributed by atoms with van der Waals surface area (Å²) in [6.45, 7) is 9.32. The van der Waals surface area contributed by atoms with E-state index in [9.17, 15) is 14.7 Å². The number of carbonyl (C=O) groups is 2. The van der Waals surface area contributed by atoms with E-state index in [-0.39, 0.29) is 11.3 Å². The summed E-state index contributed by atoms with van der Waals surface area (Å²) in [7, 11) is 0. The smallest absolute Gasteiger partial charge is 0.295 e. The van der Waals surface area contributed by atoms with Crippen LogP contribution in [0.3, 0.4) is 0 Å². The number of unbranched alkanes of at least 4 members (excludes halogenated alkanes) is 2. The maximum atomic E-state index is 13.4. The summed E-state index contributed by atoms with van der Waals surface area (Å²) in [6.07, 6.45) is 4.00. The van der Waals surface area contributed by atoms with Crippen molar-refractivity contribution in [1.29, 1.82) is 0 Å². The minimum absolute atomic E-state index is 0.0984. The summed E-state index contributed by atoms with van der Waals surface area (Å²) in [5.74, 6) is -0.0310. The number of benzene rings is 2. The number of ether oxygens (including phenoxy) is 3. The fourth-order valence-electron chi connectivity index (χ4n) is 4.81. The van der Waals surface area contributed by atoms with Crippen LogP contribution in [0.1, 0.15) is 56.7 Å². The normalized spacial score (nSPS) is 19.4. The number of aliphatic hydroxyl groups is 1. The molecule has 2 aromatic carbocycles. The van der Waals surface area contributed by atoms with Crippen LogP contribution in [0.4, 0.5) is 0 Å². The Hall–Kier alpha value is -3.36. The maximum Gasteiger partial charge on any atom is 0.295 e. The van der Waals surface area contributed by atoms with Gasteiger partial charge in [-0.15, -0.1) is 0 Å². The quantitative estimate of drug-likeness (QED) is 0.170. The number of rotatable bonds is 13. The summed E-state index contributed by atoms with van der Waals surface area (Å²) in [4.78, 5) is 30.5. The van der Waals surface area contributed by atoms with Gasteiger partial charge in [0.15, 0.2) is 0 Å². The average Bonchev–Trinajstić information content (AvgIpc) is 3.22. The van der Waals surface area contributed by atoms with Gasteiger partial charge in [-0.1, -0.05) is 38.8 Å².